The molecule has 8 nitrogen and oxygen atoms in total. The summed E-state index contributed by atoms with van der Waals surface area (Å²) in [5, 5.41) is 20.8. The lowest BCUT2D eigenvalue weighted by Crippen LogP contribution is -2.50. The van der Waals surface area contributed by atoms with Crippen LogP contribution in [0.2, 0.25) is 0 Å². The van der Waals surface area contributed by atoms with Crippen LogP contribution < -0.4 is 5.32 Å². The zero-order chi connectivity index (χ0) is 18.5. The highest BCUT2D eigenvalue weighted by Gasteiger charge is 2.30. The zero-order valence-corrected chi connectivity index (χ0v) is 14.1. The standard InChI is InChI=1S/C18H16N6O2/c1-12-9-26-16(8-24(12)10-20)18(25)23-17-6-15(21-11-22-17)14-4-2-3-13(5-14)7-19/h2-6,11-12,16H,8-9H2,1H3,(H,21,22,23,25)/t12?,16-/m1/s1. The van der Waals surface area contributed by atoms with E-state index >= 15 is 0 Å². The maximum absolute atomic E-state index is 12.4. The molecular formula is C18H16N6O2. The lowest BCUT2D eigenvalue weighted by atomic mass is 10.1. The van der Waals surface area contributed by atoms with Gasteiger partial charge in [0.05, 0.1) is 36.5 Å². The second kappa shape index (κ2) is 7.60. The summed E-state index contributed by atoms with van der Waals surface area (Å²) in [4.78, 5) is 22.2. The molecule has 2 aromatic rings. The third-order valence-corrected chi connectivity index (χ3v) is 4.06. The zero-order valence-electron chi connectivity index (χ0n) is 14.1. The number of nitrogens with zero attached hydrogens (tertiary/aromatic N) is 5. The van der Waals surface area contributed by atoms with E-state index in [1.54, 1.807) is 24.3 Å². The fraction of sp³-hybridized carbons (Fsp3) is 0.278. The van der Waals surface area contributed by atoms with Crippen LogP contribution in [0.3, 0.4) is 0 Å². The van der Waals surface area contributed by atoms with E-state index in [0.29, 0.717) is 23.7 Å². The fourth-order valence-electron chi connectivity index (χ4n) is 2.59. The first-order chi connectivity index (χ1) is 12.6. The summed E-state index contributed by atoms with van der Waals surface area (Å²) in [6.45, 7) is 2.37. The number of benzene rings is 1. The summed E-state index contributed by atoms with van der Waals surface area (Å²) in [7, 11) is 0. The van der Waals surface area contributed by atoms with Crippen molar-refractivity contribution in [3.05, 3.63) is 42.2 Å². The fourth-order valence-corrected chi connectivity index (χ4v) is 2.59. The smallest absolute Gasteiger partial charge is 0.256 e. The van der Waals surface area contributed by atoms with Crippen LogP contribution in [0.1, 0.15) is 12.5 Å². The molecule has 0 spiro atoms. The van der Waals surface area contributed by atoms with Crippen LogP contribution in [0.5, 0.6) is 0 Å². The van der Waals surface area contributed by atoms with Crippen LogP contribution in [-0.2, 0) is 9.53 Å². The molecule has 8 heteroatoms. The largest absolute Gasteiger partial charge is 0.364 e. The summed E-state index contributed by atoms with van der Waals surface area (Å²) in [6.07, 6.45) is 2.66. The van der Waals surface area contributed by atoms with Crippen molar-refractivity contribution in [2.24, 2.45) is 0 Å². The monoisotopic (exact) mass is 348 g/mol. The minimum Gasteiger partial charge on any atom is -0.364 e. The first-order valence-electron chi connectivity index (χ1n) is 8.02. The molecule has 1 amide bonds. The van der Waals surface area contributed by atoms with Crippen molar-refractivity contribution < 1.29 is 9.53 Å². The Kier molecular flexibility index (Phi) is 5.07. The van der Waals surface area contributed by atoms with Gasteiger partial charge in [0.15, 0.2) is 12.3 Å². The van der Waals surface area contributed by atoms with E-state index in [-0.39, 0.29) is 18.5 Å². The molecule has 1 aliphatic heterocycles. The number of hydrogen-bond donors (Lipinski definition) is 1. The van der Waals surface area contributed by atoms with E-state index < -0.39 is 6.10 Å². The predicted octanol–water partition coefficient (Wildman–Crippen LogP) is 1.52. The second-order valence-corrected chi connectivity index (χ2v) is 5.89. The second-order valence-electron chi connectivity index (χ2n) is 5.89. The number of morpholine rings is 1. The number of ether oxygens (including phenoxy) is 1. The SMILES string of the molecule is CC1CO[C@@H](C(=O)Nc2cc(-c3cccc(C#N)c3)ncn2)CN1C#N. The van der Waals surface area contributed by atoms with Crippen molar-refractivity contribution in [2.75, 3.05) is 18.5 Å². The summed E-state index contributed by atoms with van der Waals surface area (Å²) in [6, 6.07) is 10.7. The molecule has 3 rings (SSSR count). The van der Waals surface area contributed by atoms with E-state index in [0.717, 1.165) is 5.56 Å². The Morgan fingerprint density at radius 1 is 1.35 bits per heavy atom. The number of hydrogen-bond acceptors (Lipinski definition) is 7. The minimum atomic E-state index is -0.744. The molecule has 0 radical (unpaired) electrons. The average molecular weight is 348 g/mol. The van der Waals surface area contributed by atoms with Gasteiger partial charge >= 0.3 is 0 Å². The number of carbonyl (C=O) groups is 1. The van der Waals surface area contributed by atoms with Crippen molar-refractivity contribution in [1.29, 1.82) is 10.5 Å². The van der Waals surface area contributed by atoms with E-state index in [9.17, 15) is 4.79 Å². The van der Waals surface area contributed by atoms with Crippen LogP contribution in [0.15, 0.2) is 36.7 Å². The Morgan fingerprint density at radius 2 is 2.19 bits per heavy atom. The normalized spacial score (nSPS) is 19.3. The average Bonchev–Trinajstić information content (AvgIpc) is 2.68. The number of carbonyl (C=O) groups excluding carboxylic acids is 1. The van der Waals surface area contributed by atoms with Gasteiger partial charge in [-0.2, -0.15) is 10.5 Å². The Balaban J connectivity index is 1.74. The molecule has 1 saturated heterocycles. The van der Waals surface area contributed by atoms with Crippen LogP contribution >= 0.6 is 0 Å². The number of anilines is 1. The Bertz CT molecular complexity index is 901. The van der Waals surface area contributed by atoms with Crippen molar-refractivity contribution in [1.82, 2.24) is 14.9 Å². The highest BCUT2D eigenvalue weighted by atomic mass is 16.5. The molecule has 0 bridgehead atoms. The van der Waals surface area contributed by atoms with Gasteiger partial charge in [0.25, 0.3) is 5.91 Å². The first kappa shape index (κ1) is 17.3. The molecule has 0 saturated carbocycles. The molecule has 0 aliphatic carbocycles. The van der Waals surface area contributed by atoms with Gasteiger partial charge in [0, 0.05) is 11.6 Å². The van der Waals surface area contributed by atoms with Crippen LogP contribution in [0, 0.1) is 22.8 Å². The molecule has 1 aliphatic rings. The van der Waals surface area contributed by atoms with Crippen molar-refractivity contribution in [3.8, 4) is 23.5 Å². The quantitative estimate of drug-likeness (QED) is 0.836. The number of rotatable bonds is 3. The molecule has 1 aromatic heterocycles. The third-order valence-electron chi connectivity index (χ3n) is 4.06. The van der Waals surface area contributed by atoms with E-state index in [1.165, 1.54) is 11.2 Å². The van der Waals surface area contributed by atoms with E-state index in [2.05, 4.69) is 27.5 Å². The van der Waals surface area contributed by atoms with Gasteiger partial charge in [0.1, 0.15) is 12.1 Å². The molecule has 130 valence electrons. The number of nitriles is 2. The summed E-state index contributed by atoms with van der Waals surface area (Å²) >= 11 is 0. The third kappa shape index (κ3) is 3.77. The first-order valence-corrected chi connectivity index (χ1v) is 8.02. The van der Waals surface area contributed by atoms with Gasteiger partial charge in [0.2, 0.25) is 0 Å². The Hall–Kier alpha value is -3.49. The minimum absolute atomic E-state index is 0.0536. The lowest BCUT2D eigenvalue weighted by molar-refractivity contribution is -0.133. The molecule has 26 heavy (non-hydrogen) atoms. The van der Waals surface area contributed by atoms with Gasteiger partial charge in [-0.05, 0) is 19.1 Å². The maximum Gasteiger partial charge on any atom is 0.256 e. The number of amides is 1. The molecule has 2 heterocycles. The van der Waals surface area contributed by atoms with Gasteiger partial charge in [-0.1, -0.05) is 12.1 Å². The summed E-state index contributed by atoms with van der Waals surface area (Å²) in [5.41, 5.74) is 1.86. The molecular weight excluding hydrogens is 332 g/mol. The van der Waals surface area contributed by atoms with Crippen molar-refractivity contribution in [3.63, 3.8) is 0 Å². The van der Waals surface area contributed by atoms with Crippen LogP contribution in [-0.4, -0.2) is 46.1 Å². The van der Waals surface area contributed by atoms with Crippen molar-refractivity contribution in [2.45, 2.75) is 19.1 Å². The topological polar surface area (TPSA) is 115 Å². The molecule has 1 N–H and O–H groups in total. The van der Waals surface area contributed by atoms with E-state index in [4.69, 9.17) is 15.3 Å². The highest BCUT2D eigenvalue weighted by Crippen LogP contribution is 2.20. The van der Waals surface area contributed by atoms with Gasteiger partial charge in [-0.15, -0.1) is 0 Å². The Labute approximate surface area is 150 Å². The van der Waals surface area contributed by atoms with Crippen LogP contribution in [0.25, 0.3) is 11.3 Å². The number of nitrogens with one attached hydrogen (secondary N) is 1. The summed E-state index contributed by atoms with van der Waals surface area (Å²) in [5.74, 6) is -0.0411. The lowest BCUT2D eigenvalue weighted by Gasteiger charge is -2.33. The van der Waals surface area contributed by atoms with E-state index in [1.807, 2.05) is 13.0 Å². The number of aromatic nitrogens is 2. The van der Waals surface area contributed by atoms with Gasteiger partial charge in [-0.3, -0.25) is 4.79 Å². The molecule has 1 unspecified atom stereocenters. The Morgan fingerprint density at radius 3 is 2.96 bits per heavy atom. The molecule has 2 atom stereocenters. The van der Waals surface area contributed by atoms with Gasteiger partial charge < -0.3 is 15.0 Å². The van der Waals surface area contributed by atoms with Crippen LogP contribution in [0.4, 0.5) is 5.82 Å². The summed E-state index contributed by atoms with van der Waals surface area (Å²) < 4.78 is 5.52. The highest BCUT2D eigenvalue weighted by molar-refractivity contribution is 5.94. The maximum atomic E-state index is 12.4. The molecule has 1 aromatic carbocycles. The van der Waals surface area contributed by atoms with Gasteiger partial charge in [-0.25, -0.2) is 9.97 Å². The van der Waals surface area contributed by atoms with Crippen molar-refractivity contribution >= 4 is 11.7 Å². The molecule has 1 fully saturated rings. The predicted molar refractivity (Wildman–Crippen MR) is 92.3 cm³/mol.